The Morgan fingerprint density at radius 3 is 2.94 bits per heavy atom. The molecule has 1 unspecified atom stereocenters. The lowest BCUT2D eigenvalue weighted by Crippen LogP contribution is -2.22. The van der Waals surface area contributed by atoms with Gasteiger partial charge in [-0.1, -0.05) is 24.6 Å². The van der Waals surface area contributed by atoms with E-state index in [2.05, 4.69) is 21.2 Å². The van der Waals surface area contributed by atoms with E-state index >= 15 is 0 Å². The predicted molar refractivity (Wildman–Crippen MR) is 73.4 cm³/mol. The number of hydrogen-bond acceptors (Lipinski definition) is 3. The van der Waals surface area contributed by atoms with Gasteiger partial charge in [-0.15, -0.1) is 0 Å². The van der Waals surface area contributed by atoms with E-state index in [1.54, 1.807) is 13.0 Å². The Bertz CT molecular complexity index is 398. The molecule has 0 heterocycles. The maximum Gasteiger partial charge on any atom is 0.310 e. The molecule has 1 aromatic carbocycles. The number of nitrogens with one attached hydrogen (secondary N) is 1. The van der Waals surface area contributed by atoms with E-state index in [4.69, 9.17) is 16.3 Å². The molecule has 0 saturated carbocycles. The summed E-state index contributed by atoms with van der Waals surface area (Å²) < 4.78 is 5.73. The topological polar surface area (TPSA) is 38.3 Å². The number of halogens is 2. The van der Waals surface area contributed by atoms with Gasteiger partial charge in [0.2, 0.25) is 0 Å². The van der Waals surface area contributed by atoms with Gasteiger partial charge in [-0.05, 0) is 35.0 Å². The molecule has 1 aromatic rings. The molecule has 0 radical (unpaired) electrons. The van der Waals surface area contributed by atoms with E-state index in [-0.39, 0.29) is 11.9 Å². The molecule has 0 aliphatic carbocycles. The molecule has 0 spiro atoms. The molecule has 3 nitrogen and oxygen atoms in total. The highest BCUT2D eigenvalue weighted by Gasteiger charge is 2.14. The van der Waals surface area contributed by atoms with Gasteiger partial charge < -0.3 is 10.1 Å². The largest absolute Gasteiger partial charge is 0.466 e. The van der Waals surface area contributed by atoms with Crippen LogP contribution in [0, 0.1) is 5.92 Å². The van der Waals surface area contributed by atoms with Crippen LogP contribution in [0.4, 0.5) is 5.69 Å². The molecule has 5 heteroatoms. The van der Waals surface area contributed by atoms with E-state index in [1.165, 1.54) is 0 Å². The lowest BCUT2D eigenvalue weighted by Gasteiger charge is -2.13. The number of ether oxygens (including phenoxy) is 1. The molecule has 0 bridgehead atoms. The number of carbonyl (C=O) groups is 1. The van der Waals surface area contributed by atoms with Crippen molar-refractivity contribution in [3.05, 3.63) is 27.7 Å². The average molecular weight is 321 g/mol. The molecule has 1 atom stereocenters. The second-order valence-electron chi connectivity index (χ2n) is 3.64. The molecule has 1 N–H and O–H groups in total. The van der Waals surface area contributed by atoms with Gasteiger partial charge in [0.25, 0.3) is 0 Å². The third-order valence-corrected chi connectivity index (χ3v) is 3.64. The van der Waals surface area contributed by atoms with Gasteiger partial charge in [-0.2, -0.15) is 0 Å². The molecule has 17 heavy (non-hydrogen) atoms. The molecule has 0 aromatic heterocycles. The first kappa shape index (κ1) is 14.3. The number of esters is 1. The summed E-state index contributed by atoms with van der Waals surface area (Å²) in [6.45, 7) is 4.54. The van der Waals surface area contributed by atoms with Crippen LogP contribution in [0.1, 0.15) is 13.8 Å². The molecule has 0 aliphatic rings. The van der Waals surface area contributed by atoms with Crippen LogP contribution in [0.2, 0.25) is 5.02 Å². The van der Waals surface area contributed by atoms with Gasteiger partial charge >= 0.3 is 5.97 Å². The second-order valence-corrected chi connectivity index (χ2v) is 4.84. The standard InChI is InChI=1S/C12H15BrClNO2/c1-3-17-12(16)8(2)7-15-10-6-4-5-9(14)11(10)13/h4-6,8,15H,3,7H2,1-2H3. The Kier molecular flexibility index (Phi) is 5.78. The number of hydrogen-bond donors (Lipinski definition) is 1. The smallest absolute Gasteiger partial charge is 0.310 e. The third-order valence-electron chi connectivity index (χ3n) is 2.24. The summed E-state index contributed by atoms with van der Waals surface area (Å²) in [6.07, 6.45) is 0. The van der Waals surface area contributed by atoms with Crippen LogP contribution in [0.25, 0.3) is 0 Å². The molecule has 0 fully saturated rings. The molecular formula is C12H15BrClNO2. The summed E-state index contributed by atoms with van der Waals surface area (Å²) in [5.74, 6) is -0.390. The van der Waals surface area contributed by atoms with Crippen LogP contribution in [-0.4, -0.2) is 19.1 Å². The second kappa shape index (κ2) is 6.87. The van der Waals surface area contributed by atoms with Gasteiger partial charge in [0.1, 0.15) is 0 Å². The summed E-state index contributed by atoms with van der Waals surface area (Å²) in [5, 5.41) is 3.80. The Labute approximate surface area is 115 Å². The van der Waals surface area contributed by atoms with Crippen LogP contribution in [-0.2, 0) is 9.53 Å². The van der Waals surface area contributed by atoms with Crippen molar-refractivity contribution < 1.29 is 9.53 Å². The van der Waals surface area contributed by atoms with Gasteiger partial charge in [-0.25, -0.2) is 0 Å². The fourth-order valence-electron chi connectivity index (χ4n) is 1.27. The van der Waals surface area contributed by atoms with E-state index in [1.807, 2.05) is 19.1 Å². The summed E-state index contributed by atoms with van der Waals surface area (Å²) >= 11 is 9.35. The van der Waals surface area contributed by atoms with Gasteiger partial charge in [0, 0.05) is 12.2 Å². The molecule has 94 valence electrons. The minimum atomic E-state index is -0.196. The van der Waals surface area contributed by atoms with Crippen molar-refractivity contribution in [1.29, 1.82) is 0 Å². The highest BCUT2D eigenvalue weighted by atomic mass is 79.9. The quantitative estimate of drug-likeness (QED) is 0.840. The molecule has 1 rings (SSSR count). The average Bonchev–Trinajstić information content (AvgIpc) is 2.31. The van der Waals surface area contributed by atoms with Gasteiger partial charge in [0.15, 0.2) is 0 Å². The SMILES string of the molecule is CCOC(=O)C(C)CNc1cccc(Cl)c1Br. The minimum Gasteiger partial charge on any atom is -0.466 e. The third kappa shape index (κ3) is 4.21. The highest BCUT2D eigenvalue weighted by Crippen LogP contribution is 2.30. The summed E-state index contributed by atoms with van der Waals surface area (Å²) in [6, 6.07) is 5.55. The van der Waals surface area contributed by atoms with Crippen LogP contribution in [0.3, 0.4) is 0 Å². The van der Waals surface area contributed by atoms with Crippen LogP contribution in [0.15, 0.2) is 22.7 Å². The number of benzene rings is 1. The van der Waals surface area contributed by atoms with E-state index in [0.717, 1.165) is 10.2 Å². The fourth-order valence-corrected chi connectivity index (χ4v) is 1.85. The Hall–Kier alpha value is -0.740. The first-order valence-corrected chi connectivity index (χ1v) is 6.57. The molecule has 0 amide bonds. The van der Waals surface area contributed by atoms with Crippen molar-refractivity contribution >= 4 is 39.2 Å². The normalized spacial score (nSPS) is 12.0. The minimum absolute atomic E-state index is 0.194. The summed E-state index contributed by atoms with van der Waals surface area (Å²) in [4.78, 5) is 11.4. The summed E-state index contributed by atoms with van der Waals surface area (Å²) in [5.41, 5.74) is 0.869. The van der Waals surface area contributed by atoms with E-state index in [9.17, 15) is 4.79 Å². The Balaban J connectivity index is 2.56. The van der Waals surface area contributed by atoms with E-state index in [0.29, 0.717) is 18.2 Å². The Morgan fingerprint density at radius 2 is 2.29 bits per heavy atom. The van der Waals surface area contributed by atoms with Crippen LogP contribution in [0.5, 0.6) is 0 Å². The maximum absolute atomic E-state index is 11.4. The van der Waals surface area contributed by atoms with Crippen molar-refractivity contribution in [1.82, 2.24) is 0 Å². The van der Waals surface area contributed by atoms with Crippen molar-refractivity contribution in [3.8, 4) is 0 Å². The van der Waals surface area contributed by atoms with Gasteiger partial charge in [0.05, 0.1) is 22.0 Å². The van der Waals surface area contributed by atoms with Crippen LogP contribution < -0.4 is 5.32 Å². The van der Waals surface area contributed by atoms with Crippen molar-refractivity contribution in [2.45, 2.75) is 13.8 Å². The highest BCUT2D eigenvalue weighted by molar-refractivity contribution is 9.10. The zero-order valence-corrected chi connectivity index (χ0v) is 12.1. The van der Waals surface area contributed by atoms with Crippen molar-refractivity contribution in [2.75, 3.05) is 18.5 Å². The number of carbonyl (C=O) groups excluding carboxylic acids is 1. The predicted octanol–water partition coefficient (Wildman–Crippen LogP) is 3.71. The molecule has 0 saturated heterocycles. The first-order valence-electron chi connectivity index (χ1n) is 5.40. The number of anilines is 1. The molecular weight excluding hydrogens is 305 g/mol. The lowest BCUT2D eigenvalue weighted by atomic mass is 10.2. The Morgan fingerprint density at radius 1 is 1.59 bits per heavy atom. The van der Waals surface area contributed by atoms with Crippen molar-refractivity contribution in [2.24, 2.45) is 5.92 Å². The molecule has 0 aliphatic heterocycles. The zero-order chi connectivity index (χ0) is 12.8. The lowest BCUT2D eigenvalue weighted by molar-refractivity contribution is -0.146. The first-order chi connectivity index (χ1) is 8.06. The van der Waals surface area contributed by atoms with Crippen LogP contribution >= 0.6 is 27.5 Å². The maximum atomic E-state index is 11.4. The van der Waals surface area contributed by atoms with E-state index < -0.39 is 0 Å². The van der Waals surface area contributed by atoms with Gasteiger partial charge in [-0.3, -0.25) is 4.79 Å². The number of rotatable bonds is 5. The summed E-state index contributed by atoms with van der Waals surface area (Å²) in [7, 11) is 0. The van der Waals surface area contributed by atoms with Crippen molar-refractivity contribution in [3.63, 3.8) is 0 Å². The zero-order valence-electron chi connectivity index (χ0n) is 9.80. The fraction of sp³-hybridized carbons (Fsp3) is 0.417. The monoisotopic (exact) mass is 319 g/mol.